The first-order valence-corrected chi connectivity index (χ1v) is 8.54. The highest BCUT2D eigenvalue weighted by Gasteiger charge is 2.39. The van der Waals surface area contributed by atoms with Crippen LogP contribution in [0, 0.1) is 0 Å². The van der Waals surface area contributed by atoms with Gasteiger partial charge in [-0.25, -0.2) is 4.79 Å². The monoisotopic (exact) mass is 384 g/mol. The molecule has 0 aliphatic carbocycles. The van der Waals surface area contributed by atoms with Gasteiger partial charge in [-0.3, -0.25) is 19.5 Å². The van der Waals surface area contributed by atoms with Crippen LogP contribution in [0.5, 0.6) is 11.5 Å². The Balaban J connectivity index is 1.64. The van der Waals surface area contributed by atoms with Crippen molar-refractivity contribution in [2.24, 2.45) is 0 Å². The molecular weight excluding hydrogens is 364 g/mol. The van der Waals surface area contributed by atoms with E-state index in [9.17, 15) is 14.4 Å². The van der Waals surface area contributed by atoms with Gasteiger partial charge in [0.1, 0.15) is 6.04 Å². The fourth-order valence-corrected chi connectivity index (χ4v) is 2.86. The Labute approximate surface area is 161 Å². The molecule has 3 rings (SSSR count). The molecule has 0 radical (unpaired) electrons. The highest BCUT2D eigenvalue weighted by atomic mass is 16.5. The summed E-state index contributed by atoms with van der Waals surface area (Å²) >= 11 is 0. The van der Waals surface area contributed by atoms with E-state index in [1.807, 2.05) is 0 Å². The predicted octanol–water partition coefficient (Wildman–Crippen LogP) is 1.55. The molecule has 0 saturated carbocycles. The normalized spacial score (nSPS) is 15.9. The maximum absolute atomic E-state index is 12.6. The van der Waals surface area contributed by atoms with Crippen molar-refractivity contribution >= 4 is 23.5 Å². The van der Waals surface area contributed by atoms with E-state index in [1.165, 1.54) is 20.4 Å². The molecule has 1 saturated heterocycles. The zero-order valence-electron chi connectivity index (χ0n) is 15.5. The third-order valence-corrected chi connectivity index (χ3v) is 4.23. The van der Waals surface area contributed by atoms with Crippen LogP contribution in [-0.4, -0.2) is 48.0 Å². The van der Waals surface area contributed by atoms with Crippen molar-refractivity contribution in [1.82, 2.24) is 15.2 Å². The van der Waals surface area contributed by atoms with Gasteiger partial charge in [-0.15, -0.1) is 0 Å². The number of pyridine rings is 1. The summed E-state index contributed by atoms with van der Waals surface area (Å²) in [5, 5.41) is 5.19. The molecule has 9 heteroatoms. The van der Waals surface area contributed by atoms with Crippen molar-refractivity contribution < 1.29 is 23.9 Å². The minimum absolute atomic E-state index is 0.0613. The number of carbonyl (C=O) groups excluding carboxylic acids is 3. The van der Waals surface area contributed by atoms with E-state index in [0.717, 1.165) is 4.90 Å². The molecule has 0 unspecified atom stereocenters. The van der Waals surface area contributed by atoms with Gasteiger partial charge in [0.2, 0.25) is 5.91 Å². The van der Waals surface area contributed by atoms with E-state index in [0.29, 0.717) is 22.7 Å². The molecule has 1 aromatic carbocycles. The number of imide groups is 1. The molecule has 1 aliphatic rings. The molecule has 4 amide bonds. The summed E-state index contributed by atoms with van der Waals surface area (Å²) in [7, 11) is 3.03. The summed E-state index contributed by atoms with van der Waals surface area (Å²) in [5.74, 6) is 0.202. The second-order valence-electron chi connectivity index (χ2n) is 6.11. The van der Waals surface area contributed by atoms with Crippen molar-refractivity contribution in [3.05, 3.63) is 48.3 Å². The molecule has 146 valence electrons. The molecule has 2 heterocycles. The smallest absolute Gasteiger partial charge is 0.325 e. The third kappa shape index (κ3) is 4.20. The van der Waals surface area contributed by atoms with Crippen LogP contribution in [0.25, 0.3) is 0 Å². The number of hydrogen-bond acceptors (Lipinski definition) is 6. The maximum atomic E-state index is 12.6. The molecule has 0 spiro atoms. The number of carbonyl (C=O) groups is 3. The number of methoxy groups -OCH3 is 2. The number of nitrogens with zero attached hydrogens (tertiary/aromatic N) is 2. The number of hydrogen-bond donors (Lipinski definition) is 2. The Morgan fingerprint density at radius 2 is 2.00 bits per heavy atom. The lowest BCUT2D eigenvalue weighted by Crippen LogP contribution is -2.34. The summed E-state index contributed by atoms with van der Waals surface area (Å²) < 4.78 is 10.4. The van der Waals surface area contributed by atoms with Crippen molar-refractivity contribution in [3.63, 3.8) is 0 Å². The molecule has 1 atom stereocenters. The van der Waals surface area contributed by atoms with Gasteiger partial charge < -0.3 is 20.1 Å². The first-order chi connectivity index (χ1) is 13.5. The lowest BCUT2D eigenvalue weighted by molar-refractivity contribution is -0.130. The number of ether oxygens (including phenoxy) is 2. The fraction of sp³-hybridized carbons (Fsp3) is 0.263. The summed E-state index contributed by atoms with van der Waals surface area (Å²) in [6.45, 7) is 0.0613. The fourth-order valence-electron chi connectivity index (χ4n) is 2.86. The Morgan fingerprint density at radius 3 is 2.68 bits per heavy atom. The number of amides is 4. The van der Waals surface area contributed by atoms with Gasteiger partial charge in [0.25, 0.3) is 5.91 Å². The standard InChI is InChI=1S/C19H20N4O5/c1-27-15-6-5-12(8-16(15)28-2)11-23-18(25)14(22-19(23)26)9-17(24)21-13-4-3-7-20-10-13/h3-8,10,14H,9,11H2,1-2H3,(H,21,24)(H,22,26)/t14-/m0/s1. The van der Waals surface area contributed by atoms with Crippen LogP contribution in [-0.2, 0) is 16.1 Å². The Bertz CT molecular complexity index is 887. The summed E-state index contributed by atoms with van der Waals surface area (Å²) in [6.07, 6.45) is 2.92. The van der Waals surface area contributed by atoms with Crippen LogP contribution >= 0.6 is 0 Å². The van der Waals surface area contributed by atoms with E-state index >= 15 is 0 Å². The van der Waals surface area contributed by atoms with Gasteiger partial charge in [0.15, 0.2) is 11.5 Å². The van der Waals surface area contributed by atoms with Crippen LogP contribution in [0.4, 0.5) is 10.5 Å². The average Bonchev–Trinajstić information content (AvgIpc) is 2.95. The number of urea groups is 1. The van der Waals surface area contributed by atoms with Gasteiger partial charge in [0.05, 0.1) is 39.1 Å². The largest absolute Gasteiger partial charge is 0.493 e. The zero-order chi connectivity index (χ0) is 20.1. The van der Waals surface area contributed by atoms with Crippen LogP contribution in [0.3, 0.4) is 0 Å². The molecule has 1 aliphatic heterocycles. The lowest BCUT2D eigenvalue weighted by Gasteiger charge is -2.15. The van der Waals surface area contributed by atoms with E-state index in [-0.39, 0.29) is 18.9 Å². The Morgan fingerprint density at radius 1 is 1.21 bits per heavy atom. The van der Waals surface area contributed by atoms with Crippen molar-refractivity contribution in [2.45, 2.75) is 19.0 Å². The van der Waals surface area contributed by atoms with E-state index < -0.39 is 18.0 Å². The Kier molecular flexibility index (Phi) is 5.73. The van der Waals surface area contributed by atoms with Gasteiger partial charge in [-0.2, -0.15) is 0 Å². The molecule has 9 nitrogen and oxygen atoms in total. The molecule has 1 fully saturated rings. The Hall–Kier alpha value is -3.62. The van der Waals surface area contributed by atoms with Crippen molar-refractivity contribution in [1.29, 1.82) is 0 Å². The highest BCUT2D eigenvalue weighted by Crippen LogP contribution is 2.28. The summed E-state index contributed by atoms with van der Waals surface area (Å²) in [4.78, 5) is 41.9. The average molecular weight is 384 g/mol. The first-order valence-electron chi connectivity index (χ1n) is 8.54. The minimum atomic E-state index is -0.913. The number of benzene rings is 1. The highest BCUT2D eigenvalue weighted by molar-refractivity contribution is 6.06. The van der Waals surface area contributed by atoms with Gasteiger partial charge in [-0.1, -0.05) is 6.07 Å². The number of aromatic nitrogens is 1. The second kappa shape index (κ2) is 8.38. The zero-order valence-corrected chi connectivity index (χ0v) is 15.5. The molecular formula is C19H20N4O5. The topological polar surface area (TPSA) is 110 Å². The van der Waals surface area contributed by atoms with Gasteiger partial charge in [-0.05, 0) is 29.8 Å². The molecule has 1 aromatic heterocycles. The van der Waals surface area contributed by atoms with E-state index in [4.69, 9.17) is 9.47 Å². The summed E-state index contributed by atoms with van der Waals surface area (Å²) in [6, 6.07) is 7.05. The SMILES string of the molecule is COc1ccc(CN2C(=O)N[C@@H](CC(=O)Nc3cccnc3)C2=O)cc1OC. The van der Waals surface area contributed by atoms with Gasteiger partial charge >= 0.3 is 6.03 Å². The number of anilines is 1. The molecule has 28 heavy (non-hydrogen) atoms. The molecule has 2 N–H and O–H groups in total. The first kappa shape index (κ1) is 19.2. The van der Waals surface area contributed by atoms with Crippen LogP contribution < -0.4 is 20.1 Å². The predicted molar refractivity (Wildman–Crippen MR) is 99.9 cm³/mol. The number of rotatable bonds is 7. The van der Waals surface area contributed by atoms with Crippen LogP contribution in [0.1, 0.15) is 12.0 Å². The van der Waals surface area contributed by atoms with E-state index in [1.54, 1.807) is 36.5 Å². The van der Waals surface area contributed by atoms with Crippen molar-refractivity contribution in [3.8, 4) is 11.5 Å². The van der Waals surface area contributed by atoms with E-state index in [2.05, 4.69) is 15.6 Å². The number of nitrogens with one attached hydrogen (secondary N) is 2. The van der Waals surface area contributed by atoms with Crippen LogP contribution in [0.15, 0.2) is 42.7 Å². The van der Waals surface area contributed by atoms with Gasteiger partial charge in [0, 0.05) is 6.20 Å². The second-order valence-corrected chi connectivity index (χ2v) is 6.11. The van der Waals surface area contributed by atoms with Crippen LogP contribution in [0.2, 0.25) is 0 Å². The maximum Gasteiger partial charge on any atom is 0.325 e. The summed E-state index contributed by atoms with van der Waals surface area (Å²) in [5.41, 5.74) is 1.22. The third-order valence-electron chi connectivity index (χ3n) is 4.23. The molecule has 0 bridgehead atoms. The lowest BCUT2D eigenvalue weighted by atomic mass is 10.1. The van der Waals surface area contributed by atoms with Crippen molar-refractivity contribution in [2.75, 3.05) is 19.5 Å². The minimum Gasteiger partial charge on any atom is -0.493 e. The quantitative estimate of drug-likeness (QED) is 0.701. The molecule has 2 aromatic rings.